The van der Waals surface area contributed by atoms with Crippen molar-refractivity contribution in [1.29, 1.82) is 0 Å². The predicted octanol–water partition coefficient (Wildman–Crippen LogP) is 2.25. The van der Waals surface area contributed by atoms with Crippen molar-refractivity contribution >= 4 is 40.4 Å². The molecule has 1 aliphatic carbocycles. The molecule has 26 heavy (non-hydrogen) atoms. The molecule has 1 aromatic rings. The summed E-state index contributed by atoms with van der Waals surface area (Å²) in [6.07, 6.45) is 11.5. The van der Waals surface area contributed by atoms with Crippen LogP contribution in [-0.4, -0.2) is 35.0 Å². The van der Waals surface area contributed by atoms with Crippen molar-refractivity contribution < 1.29 is 14.4 Å². The van der Waals surface area contributed by atoms with Gasteiger partial charge in [0.2, 0.25) is 11.8 Å². The number of nitrogens with zero attached hydrogens (tertiary/aromatic N) is 2. The maximum absolute atomic E-state index is 12.2. The van der Waals surface area contributed by atoms with Gasteiger partial charge in [-0.15, -0.1) is 11.3 Å². The monoisotopic (exact) mass is 374 g/mol. The Morgan fingerprint density at radius 1 is 1.19 bits per heavy atom. The molecule has 0 spiro atoms. The molecule has 1 atom stereocenters. The standard InChI is InChI=1S/C18H22N4O3S/c23-15(20-12-6-3-1-2-4-7-12)10-13-11-26-18(21-13)22-17(25)14-8-5-9-19-16(14)24/h5,8-9,11-12,14H,1-4,6-7,10H2,(H,20,23)(H,21,22,25). The lowest BCUT2D eigenvalue weighted by Crippen LogP contribution is -2.35. The summed E-state index contributed by atoms with van der Waals surface area (Å²) in [7, 11) is 0. The van der Waals surface area contributed by atoms with Crippen molar-refractivity contribution in [2.24, 2.45) is 10.9 Å². The van der Waals surface area contributed by atoms with E-state index in [1.807, 2.05) is 0 Å². The zero-order valence-corrected chi connectivity index (χ0v) is 15.3. The fourth-order valence-electron chi connectivity index (χ4n) is 3.14. The van der Waals surface area contributed by atoms with Crippen molar-refractivity contribution in [3.63, 3.8) is 0 Å². The van der Waals surface area contributed by atoms with E-state index in [1.165, 1.54) is 36.5 Å². The SMILES string of the molecule is O=C(Cc1csc(NC(=O)C2C=CC=NC2=O)n1)NC1CCCCCC1. The Labute approximate surface area is 156 Å². The van der Waals surface area contributed by atoms with Crippen LogP contribution in [0.2, 0.25) is 0 Å². The van der Waals surface area contributed by atoms with Crippen molar-refractivity contribution in [3.05, 3.63) is 23.2 Å². The average Bonchev–Trinajstić information content (AvgIpc) is 2.88. The molecule has 1 saturated carbocycles. The number of thiazole rings is 1. The molecule has 1 aromatic heterocycles. The number of dihydropyridines is 1. The number of amides is 3. The smallest absolute Gasteiger partial charge is 0.262 e. The van der Waals surface area contributed by atoms with Crippen molar-refractivity contribution in [2.75, 3.05) is 5.32 Å². The zero-order chi connectivity index (χ0) is 18.4. The van der Waals surface area contributed by atoms with Crippen LogP contribution < -0.4 is 10.6 Å². The highest BCUT2D eigenvalue weighted by Crippen LogP contribution is 2.19. The van der Waals surface area contributed by atoms with Crippen LogP contribution in [0.3, 0.4) is 0 Å². The van der Waals surface area contributed by atoms with Gasteiger partial charge >= 0.3 is 0 Å². The molecule has 0 bridgehead atoms. The van der Waals surface area contributed by atoms with Gasteiger partial charge in [-0.3, -0.25) is 14.4 Å². The Bertz CT molecular complexity index is 733. The third kappa shape index (κ3) is 5.08. The molecule has 8 heteroatoms. The van der Waals surface area contributed by atoms with E-state index in [2.05, 4.69) is 20.6 Å². The number of hydrogen-bond donors (Lipinski definition) is 2. The number of allylic oxidation sites excluding steroid dienone is 1. The molecule has 0 aromatic carbocycles. The summed E-state index contributed by atoms with van der Waals surface area (Å²) >= 11 is 1.24. The second kappa shape index (κ2) is 8.84. The minimum absolute atomic E-state index is 0.0418. The summed E-state index contributed by atoms with van der Waals surface area (Å²) in [4.78, 5) is 43.8. The first-order valence-electron chi connectivity index (χ1n) is 8.91. The fraction of sp³-hybridized carbons (Fsp3) is 0.500. The molecule has 2 N–H and O–H groups in total. The number of anilines is 1. The van der Waals surface area contributed by atoms with E-state index >= 15 is 0 Å². The second-order valence-electron chi connectivity index (χ2n) is 6.55. The van der Waals surface area contributed by atoms with Gasteiger partial charge in [-0.2, -0.15) is 0 Å². The van der Waals surface area contributed by atoms with E-state index in [0.29, 0.717) is 10.8 Å². The Morgan fingerprint density at radius 3 is 2.69 bits per heavy atom. The minimum atomic E-state index is -0.925. The van der Waals surface area contributed by atoms with Crippen molar-refractivity contribution in [1.82, 2.24) is 10.3 Å². The third-order valence-electron chi connectivity index (χ3n) is 4.48. The van der Waals surface area contributed by atoms with Crippen molar-refractivity contribution in [3.8, 4) is 0 Å². The van der Waals surface area contributed by atoms with Gasteiger partial charge in [0, 0.05) is 17.6 Å². The molecule has 2 heterocycles. The van der Waals surface area contributed by atoms with E-state index in [9.17, 15) is 14.4 Å². The van der Waals surface area contributed by atoms with Gasteiger partial charge in [0.1, 0.15) is 5.92 Å². The maximum Gasteiger partial charge on any atom is 0.262 e. The fourth-order valence-corrected chi connectivity index (χ4v) is 3.85. The van der Waals surface area contributed by atoms with E-state index in [0.717, 1.165) is 25.7 Å². The van der Waals surface area contributed by atoms with Crippen LogP contribution in [-0.2, 0) is 20.8 Å². The molecule has 1 aliphatic heterocycles. The molecular formula is C18H22N4O3S. The highest BCUT2D eigenvalue weighted by molar-refractivity contribution is 7.14. The number of nitrogens with one attached hydrogen (secondary N) is 2. The first kappa shape index (κ1) is 18.4. The number of rotatable bonds is 5. The summed E-state index contributed by atoms with van der Waals surface area (Å²) in [6, 6.07) is 0.257. The Morgan fingerprint density at radius 2 is 1.96 bits per heavy atom. The Balaban J connectivity index is 1.50. The molecule has 138 valence electrons. The van der Waals surface area contributed by atoms with Crippen LogP contribution in [0.5, 0.6) is 0 Å². The number of carbonyl (C=O) groups is 3. The normalized spacial score (nSPS) is 20.6. The van der Waals surface area contributed by atoms with Gasteiger partial charge in [-0.1, -0.05) is 31.8 Å². The quantitative estimate of drug-likeness (QED) is 0.610. The van der Waals surface area contributed by atoms with Gasteiger partial charge in [0.15, 0.2) is 5.13 Å². The lowest BCUT2D eigenvalue weighted by Gasteiger charge is -2.15. The molecule has 3 amide bonds. The van der Waals surface area contributed by atoms with E-state index < -0.39 is 17.7 Å². The van der Waals surface area contributed by atoms with E-state index in [1.54, 1.807) is 11.5 Å². The van der Waals surface area contributed by atoms with Crippen LogP contribution >= 0.6 is 11.3 Å². The summed E-state index contributed by atoms with van der Waals surface area (Å²) in [5.41, 5.74) is 0.611. The minimum Gasteiger partial charge on any atom is -0.353 e. The van der Waals surface area contributed by atoms with Crippen LogP contribution in [0.1, 0.15) is 44.2 Å². The summed E-state index contributed by atoms with van der Waals surface area (Å²) < 4.78 is 0. The first-order valence-corrected chi connectivity index (χ1v) is 9.79. The number of carbonyl (C=O) groups excluding carboxylic acids is 3. The first-order chi connectivity index (χ1) is 12.6. The van der Waals surface area contributed by atoms with Crippen LogP contribution in [0.25, 0.3) is 0 Å². The Hall–Kier alpha value is -2.35. The highest BCUT2D eigenvalue weighted by Gasteiger charge is 2.25. The highest BCUT2D eigenvalue weighted by atomic mass is 32.1. The topological polar surface area (TPSA) is 101 Å². The van der Waals surface area contributed by atoms with Crippen LogP contribution in [0, 0.1) is 5.92 Å². The largest absolute Gasteiger partial charge is 0.353 e. The maximum atomic E-state index is 12.2. The predicted molar refractivity (Wildman–Crippen MR) is 100 cm³/mol. The average molecular weight is 374 g/mol. The number of aliphatic imine (C=N–C) groups is 1. The lowest BCUT2D eigenvalue weighted by atomic mass is 10.1. The third-order valence-corrected chi connectivity index (χ3v) is 5.29. The number of aromatic nitrogens is 1. The van der Waals surface area contributed by atoms with Gasteiger partial charge in [-0.25, -0.2) is 9.98 Å². The summed E-state index contributed by atoms with van der Waals surface area (Å²) in [5.74, 6) is -1.93. The zero-order valence-electron chi connectivity index (χ0n) is 14.4. The van der Waals surface area contributed by atoms with Crippen LogP contribution in [0.15, 0.2) is 22.5 Å². The molecule has 7 nitrogen and oxygen atoms in total. The molecule has 3 rings (SSSR count). The summed E-state index contributed by atoms with van der Waals surface area (Å²) in [5, 5.41) is 7.83. The molecule has 1 fully saturated rings. The second-order valence-corrected chi connectivity index (χ2v) is 7.40. The molecular weight excluding hydrogens is 352 g/mol. The molecule has 0 saturated heterocycles. The molecule has 0 radical (unpaired) electrons. The van der Waals surface area contributed by atoms with Gasteiger partial charge < -0.3 is 10.6 Å². The van der Waals surface area contributed by atoms with Gasteiger partial charge in [-0.05, 0) is 18.9 Å². The summed E-state index contributed by atoms with van der Waals surface area (Å²) in [6.45, 7) is 0. The Kier molecular flexibility index (Phi) is 6.27. The molecule has 1 unspecified atom stereocenters. The van der Waals surface area contributed by atoms with Gasteiger partial charge in [0.05, 0.1) is 12.1 Å². The van der Waals surface area contributed by atoms with Gasteiger partial charge in [0.25, 0.3) is 5.91 Å². The van der Waals surface area contributed by atoms with Crippen molar-refractivity contribution in [2.45, 2.75) is 51.0 Å². The lowest BCUT2D eigenvalue weighted by molar-refractivity contribution is -0.128. The van der Waals surface area contributed by atoms with E-state index in [4.69, 9.17) is 0 Å². The van der Waals surface area contributed by atoms with E-state index in [-0.39, 0.29) is 18.4 Å². The van der Waals surface area contributed by atoms with Crippen LogP contribution in [0.4, 0.5) is 5.13 Å². The molecule has 2 aliphatic rings. The number of hydrogen-bond acceptors (Lipinski definition) is 5.